The average molecular weight is 849 g/mol. The van der Waals surface area contributed by atoms with Crippen molar-refractivity contribution in [1.82, 2.24) is 19.5 Å². The summed E-state index contributed by atoms with van der Waals surface area (Å²) in [5.74, 6) is 2.06. The highest BCUT2D eigenvalue weighted by Gasteiger charge is 2.48. The van der Waals surface area contributed by atoms with E-state index in [1.807, 2.05) is 95.6 Å². The standard InChI is InChI=1S/C50H54N5O6Si/c1-49(2,3)62(6,7)61-44-30-42(33-59-50(37-16-12-9-13-17-37,38-19-23-40(56-4)24-20-38)39-21-25-41(57-5)26-22-39)60-47(44)55-46-45(54-48(55)51-31-36-28-29-58-32-36)43(52-34-53-46)27-18-35-14-10-8-11-15-35/h8-30,32,34,42,44,47H,31,33H2,1-7H3,(H,51,54)/b27-18+/t42-,44-,47-/m1/s1. The molecular weight excluding hydrogens is 795 g/mol. The smallest absolute Gasteiger partial charge is 0.207 e. The molecule has 62 heavy (non-hydrogen) atoms. The van der Waals surface area contributed by atoms with Crippen LogP contribution in [0.2, 0.25) is 18.1 Å². The van der Waals surface area contributed by atoms with E-state index in [9.17, 15) is 0 Å². The Balaban J connectivity index is 1.22. The van der Waals surface area contributed by atoms with Crippen LogP contribution >= 0.6 is 0 Å². The third-order valence-corrected chi connectivity index (χ3v) is 16.4. The van der Waals surface area contributed by atoms with E-state index in [4.69, 9.17) is 37.8 Å². The van der Waals surface area contributed by atoms with Gasteiger partial charge in [-0.05, 0) is 76.8 Å². The van der Waals surface area contributed by atoms with Crippen molar-refractivity contribution in [3.05, 3.63) is 174 Å². The van der Waals surface area contributed by atoms with Gasteiger partial charge >= 0.3 is 0 Å². The van der Waals surface area contributed by atoms with Gasteiger partial charge in [0.05, 0.1) is 51.3 Å². The van der Waals surface area contributed by atoms with Gasteiger partial charge < -0.3 is 33.1 Å². The summed E-state index contributed by atoms with van der Waals surface area (Å²) >= 11 is 0. The fourth-order valence-corrected chi connectivity index (χ4v) is 8.76. The highest BCUT2D eigenvalue weighted by atomic mass is 28.4. The summed E-state index contributed by atoms with van der Waals surface area (Å²) in [5.41, 5.74) is 5.70. The van der Waals surface area contributed by atoms with E-state index in [2.05, 4.69) is 87.0 Å². The van der Waals surface area contributed by atoms with E-state index in [0.29, 0.717) is 29.4 Å². The van der Waals surface area contributed by atoms with Crippen LogP contribution in [-0.4, -0.2) is 60.9 Å². The molecular formula is C50H54N5O6Si. The van der Waals surface area contributed by atoms with Crippen molar-refractivity contribution in [1.29, 1.82) is 0 Å². The molecule has 1 fully saturated rings. The van der Waals surface area contributed by atoms with E-state index < -0.39 is 32.4 Å². The van der Waals surface area contributed by atoms with Gasteiger partial charge in [-0.15, -0.1) is 0 Å². The molecule has 1 saturated heterocycles. The predicted molar refractivity (Wildman–Crippen MR) is 245 cm³/mol. The number of hydrogen-bond donors (Lipinski definition) is 1. The molecule has 8 rings (SSSR count). The second-order valence-corrected chi connectivity index (χ2v) is 21.6. The van der Waals surface area contributed by atoms with E-state index in [1.165, 1.54) is 0 Å². The molecule has 11 nitrogen and oxygen atoms in total. The molecule has 1 N–H and O–H groups in total. The van der Waals surface area contributed by atoms with Crippen molar-refractivity contribution >= 4 is 37.6 Å². The van der Waals surface area contributed by atoms with Crippen LogP contribution in [0.15, 0.2) is 139 Å². The zero-order valence-corrected chi connectivity index (χ0v) is 37.3. The molecule has 0 saturated carbocycles. The molecule has 1 aliphatic rings. The highest BCUT2D eigenvalue weighted by Crippen LogP contribution is 2.46. The van der Waals surface area contributed by atoms with Gasteiger partial charge in [0.25, 0.3) is 0 Å². The fraction of sp³-hybridized carbons (Fsp3) is 0.280. The van der Waals surface area contributed by atoms with Crippen LogP contribution < -0.4 is 14.8 Å². The fourth-order valence-electron chi connectivity index (χ4n) is 7.53. The topological polar surface area (TPSA) is 115 Å². The summed E-state index contributed by atoms with van der Waals surface area (Å²) in [6.07, 6.45) is 9.45. The van der Waals surface area contributed by atoms with Crippen molar-refractivity contribution in [2.24, 2.45) is 0 Å². The first-order chi connectivity index (χ1) is 30.0. The number of benzene rings is 4. The Hall–Kier alpha value is -6.05. The molecule has 3 aromatic heterocycles. The van der Waals surface area contributed by atoms with Crippen LogP contribution in [0.25, 0.3) is 23.3 Å². The van der Waals surface area contributed by atoms with E-state index in [1.54, 1.807) is 33.1 Å². The number of methoxy groups -OCH3 is 2. The van der Waals surface area contributed by atoms with E-state index >= 15 is 0 Å². The molecule has 0 aliphatic carbocycles. The summed E-state index contributed by atoms with van der Waals surface area (Å²) in [6.45, 7) is 11.9. The summed E-state index contributed by atoms with van der Waals surface area (Å²) < 4.78 is 40.4. The van der Waals surface area contributed by atoms with Gasteiger partial charge in [-0.2, -0.15) is 0 Å². The largest absolute Gasteiger partial charge is 0.497 e. The Morgan fingerprint density at radius 3 is 2.00 bits per heavy atom. The summed E-state index contributed by atoms with van der Waals surface area (Å²) in [6, 6.07) is 38.4. The number of imidazole rings is 1. The molecule has 4 aromatic carbocycles. The third-order valence-electron chi connectivity index (χ3n) is 11.9. The van der Waals surface area contributed by atoms with Crippen molar-refractivity contribution in [2.45, 2.75) is 69.5 Å². The Kier molecular flexibility index (Phi) is 12.5. The quantitative estimate of drug-likeness (QED) is 0.0744. The van der Waals surface area contributed by atoms with Crippen LogP contribution in [0.4, 0.5) is 5.95 Å². The van der Waals surface area contributed by atoms with Gasteiger partial charge in [0, 0.05) is 18.5 Å². The van der Waals surface area contributed by atoms with E-state index in [-0.39, 0.29) is 11.6 Å². The molecule has 1 radical (unpaired) electrons. The van der Waals surface area contributed by atoms with Crippen molar-refractivity contribution in [2.75, 3.05) is 26.1 Å². The molecule has 319 valence electrons. The van der Waals surface area contributed by atoms with Crippen LogP contribution in [-0.2, 0) is 26.0 Å². The second kappa shape index (κ2) is 18.1. The van der Waals surface area contributed by atoms with Crippen LogP contribution in [0, 0.1) is 6.42 Å². The first kappa shape index (κ1) is 42.6. The molecule has 0 amide bonds. The maximum Gasteiger partial charge on any atom is 0.207 e. The van der Waals surface area contributed by atoms with Crippen LogP contribution in [0.1, 0.15) is 60.5 Å². The monoisotopic (exact) mass is 848 g/mol. The van der Waals surface area contributed by atoms with E-state index in [0.717, 1.165) is 39.3 Å². The first-order valence-corrected chi connectivity index (χ1v) is 23.8. The zero-order chi connectivity index (χ0) is 43.3. The molecule has 0 unspecified atom stereocenters. The number of ether oxygens (including phenoxy) is 4. The maximum absolute atomic E-state index is 7.37. The number of fused-ring (bicyclic) bond motifs is 1. The minimum atomic E-state index is -2.38. The molecule has 12 heteroatoms. The molecule has 1 aliphatic heterocycles. The zero-order valence-electron chi connectivity index (χ0n) is 36.3. The van der Waals surface area contributed by atoms with Crippen LogP contribution in [0.3, 0.4) is 0 Å². The Morgan fingerprint density at radius 1 is 0.774 bits per heavy atom. The Bertz CT molecular complexity index is 2510. The molecule has 7 aromatic rings. The lowest BCUT2D eigenvalue weighted by molar-refractivity contribution is -0.0814. The van der Waals surface area contributed by atoms with Gasteiger partial charge in [0.1, 0.15) is 28.9 Å². The third kappa shape index (κ3) is 8.82. The van der Waals surface area contributed by atoms with Gasteiger partial charge in [0.2, 0.25) is 5.95 Å². The molecule has 3 atom stereocenters. The number of anilines is 1. The summed E-state index contributed by atoms with van der Waals surface area (Å²) in [5, 5.41) is 3.48. The SMILES string of the molecule is COc1ccc(C(OC[C@H]2[CH][C@@H](O[Si](C)(C)C(C)(C)C)[C@H](n3c(NCc4ccoc4)nc4c(/C=C/c5ccccc5)ncnc43)O2)(c2ccccc2)c2ccc(OC)cc2)cc1. The summed E-state index contributed by atoms with van der Waals surface area (Å²) in [7, 11) is 0.953. The number of furan rings is 1. The lowest BCUT2D eigenvalue weighted by atomic mass is 9.80. The lowest BCUT2D eigenvalue weighted by Gasteiger charge is -2.39. The van der Waals surface area contributed by atoms with Crippen molar-refractivity contribution in [3.8, 4) is 11.5 Å². The van der Waals surface area contributed by atoms with Gasteiger partial charge in [-0.25, -0.2) is 15.0 Å². The van der Waals surface area contributed by atoms with Gasteiger partial charge in [-0.3, -0.25) is 4.57 Å². The molecule has 0 bridgehead atoms. The molecule has 0 spiro atoms. The number of hydrogen-bond acceptors (Lipinski definition) is 10. The number of rotatable bonds is 16. The summed E-state index contributed by atoms with van der Waals surface area (Å²) in [4.78, 5) is 14.7. The number of nitrogens with one attached hydrogen (secondary N) is 1. The minimum absolute atomic E-state index is 0.0812. The van der Waals surface area contributed by atoms with Crippen LogP contribution in [0.5, 0.6) is 11.5 Å². The minimum Gasteiger partial charge on any atom is -0.497 e. The first-order valence-electron chi connectivity index (χ1n) is 20.9. The number of nitrogens with zero attached hydrogens (tertiary/aromatic N) is 4. The second-order valence-electron chi connectivity index (χ2n) is 16.9. The Labute approximate surface area is 364 Å². The van der Waals surface area contributed by atoms with Crippen molar-refractivity contribution < 1.29 is 27.8 Å². The predicted octanol–water partition coefficient (Wildman–Crippen LogP) is 10.7. The van der Waals surface area contributed by atoms with Gasteiger partial charge in [0.15, 0.2) is 20.2 Å². The van der Waals surface area contributed by atoms with Crippen molar-refractivity contribution in [3.63, 3.8) is 0 Å². The molecule has 4 heterocycles. The maximum atomic E-state index is 7.37. The number of aromatic nitrogens is 4. The average Bonchev–Trinajstić information content (AvgIpc) is 4.05. The Morgan fingerprint density at radius 2 is 1.40 bits per heavy atom. The lowest BCUT2D eigenvalue weighted by Crippen LogP contribution is -2.45. The van der Waals surface area contributed by atoms with Gasteiger partial charge in [-0.1, -0.05) is 112 Å². The highest BCUT2D eigenvalue weighted by molar-refractivity contribution is 6.74. The normalized spacial score (nSPS) is 17.2.